The largest absolute Gasteiger partial charge is 0.481 e. The van der Waals surface area contributed by atoms with Crippen molar-refractivity contribution in [1.29, 1.82) is 0 Å². The number of rotatable bonds is 8. The van der Waals surface area contributed by atoms with E-state index in [1.807, 2.05) is 15.5 Å². The van der Waals surface area contributed by atoms with E-state index in [4.69, 9.17) is 26.3 Å². The molecule has 2 saturated heterocycles. The molecule has 14 heteroatoms. The van der Waals surface area contributed by atoms with E-state index in [1.165, 1.54) is 17.4 Å². The van der Waals surface area contributed by atoms with Gasteiger partial charge in [-0.3, -0.25) is 14.7 Å². The molecule has 0 amide bonds. The molecule has 11 nitrogen and oxygen atoms in total. The molecule has 6 rings (SSSR count). The first-order valence-electron chi connectivity index (χ1n) is 14.1. The highest BCUT2D eigenvalue weighted by molar-refractivity contribution is 7.11. The van der Waals surface area contributed by atoms with E-state index in [1.54, 1.807) is 25.3 Å². The number of aromatic nitrogens is 1. The van der Waals surface area contributed by atoms with Crippen LogP contribution in [0.1, 0.15) is 42.8 Å². The van der Waals surface area contributed by atoms with Gasteiger partial charge in [0, 0.05) is 55.6 Å². The average Bonchev–Trinajstić information content (AvgIpc) is 3.75. The number of nitrogens with one attached hydrogen (secondary N) is 1. The Morgan fingerprint density at radius 3 is 2.88 bits per heavy atom. The number of thiazole rings is 1. The van der Waals surface area contributed by atoms with Crippen LogP contribution in [-0.2, 0) is 19.3 Å². The topological polar surface area (TPSA) is 120 Å². The molecule has 1 aromatic carbocycles. The van der Waals surface area contributed by atoms with E-state index >= 15 is 0 Å². The number of aliphatic carboxylic acids is 1. The summed E-state index contributed by atoms with van der Waals surface area (Å²) in [4.78, 5) is 42.7. The lowest BCUT2D eigenvalue weighted by atomic mass is 9.95. The number of piperazine rings is 1. The van der Waals surface area contributed by atoms with Crippen LogP contribution >= 0.6 is 22.9 Å². The highest BCUT2D eigenvalue weighted by Gasteiger charge is 2.45. The van der Waals surface area contributed by atoms with Crippen LogP contribution in [0.25, 0.3) is 0 Å². The lowest BCUT2D eigenvalue weighted by Crippen LogP contribution is -2.52. The van der Waals surface area contributed by atoms with Gasteiger partial charge in [-0.2, -0.15) is 10.1 Å². The van der Waals surface area contributed by atoms with Gasteiger partial charge in [0.15, 0.2) is 10.8 Å². The van der Waals surface area contributed by atoms with Gasteiger partial charge in [0.1, 0.15) is 11.9 Å². The fraction of sp³-hybridized carbons (Fsp3) is 0.500. The van der Waals surface area contributed by atoms with Crippen molar-refractivity contribution in [1.82, 2.24) is 25.3 Å². The number of nitrogens with zero attached hydrogens (tertiary/aromatic N) is 5. The second-order valence-corrected chi connectivity index (χ2v) is 12.0. The number of esters is 1. The number of hydroxylamine groups is 4. The normalized spacial score (nSPS) is 27.1. The number of halogens is 2. The molecule has 0 spiro atoms. The van der Waals surface area contributed by atoms with Crippen LogP contribution in [0.3, 0.4) is 0 Å². The molecule has 0 radical (unpaired) electrons. The standard InChI is InChI=1S/C28H32ClFN6O5S/c1-2-40-28(39)22-20(32-25(26-31-9-12-42-26)33-24(22)18-6-3-7-19(30)23(18)29)15-34-10-11-35-16(13-34)14-36(41-35)21-8-4-5-17(21)27(37)38/h3,6-7,9,12,16-17,21,24H,2,4-5,8,10-11,13-15H2,1H3,(H,32,33)(H,37,38)/t16-,17+,21+,24-/m0/s1. The Hall–Kier alpha value is -2.94. The third kappa shape index (κ3) is 5.69. The smallest absolute Gasteiger partial charge is 0.338 e. The van der Waals surface area contributed by atoms with Gasteiger partial charge < -0.3 is 15.2 Å². The number of carboxylic acid groups (broad SMARTS) is 1. The summed E-state index contributed by atoms with van der Waals surface area (Å²) < 4.78 is 20.0. The summed E-state index contributed by atoms with van der Waals surface area (Å²) >= 11 is 7.81. The predicted molar refractivity (Wildman–Crippen MR) is 153 cm³/mol. The van der Waals surface area contributed by atoms with E-state index in [9.17, 15) is 19.1 Å². The second kappa shape index (κ2) is 12.3. The van der Waals surface area contributed by atoms with E-state index < -0.39 is 29.7 Å². The van der Waals surface area contributed by atoms with Gasteiger partial charge in [-0.05, 0) is 25.8 Å². The van der Waals surface area contributed by atoms with Crippen LogP contribution in [0.5, 0.6) is 0 Å². The fourth-order valence-corrected chi connectivity index (χ4v) is 7.06. The van der Waals surface area contributed by atoms with E-state index in [2.05, 4.69) is 15.2 Å². The molecule has 1 aliphatic carbocycles. The molecule has 4 heterocycles. The highest BCUT2D eigenvalue weighted by Crippen LogP contribution is 2.38. The molecule has 0 unspecified atom stereocenters. The van der Waals surface area contributed by atoms with Gasteiger partial charge in [-0.1, -0.05) is 30.2 Å². The van der Waals surface area contributed by atoms with Crippen molar-refractivity contribution >= 4 is 40.7 Å². The molecule has 224 valence electrons. The molecule has 4 aliphatic rings. The van der Waals surface area contributed by atoms with Gasteiger partial charge in [0.05, 0.1) is 35.2 Å². The third-order valence-electron chi connectivity index (χ3n) is 8.19. The number of ether oxygens (including phenoxy) is 1. The summed E-state index contributed by atoms with van der Waals surface area (Å²) in [6, 6.07) is 3.47. The maximum Gasteiger partial charge on any atom is 0.338 e. The molecule has 0 bridgehead atoms. The van der Waals surface area contributed by atoms with Crippen LogP contribution in [0.2, 0.25) is 5.02 Å². The summed E-state index contributed by atoms with van der Waals surface area (Å²) in [5.41, 5.74) is 1.22. The zero-order chi connectivity index (χ0) is 29.4. The molecular formula is C28H32ClFN6O5S. The zero-order valence-electron chi connectivity index (χ0n) is 23.0. The molecule has 2 aromatic rings. The lowest BCUT2D eigenvalue weighted by Gasteiger charge is -2.37. The van der Waals surface area contributed by atoms with Crippen molar-refractivity contribution in [3.63, 3.8) is 0 Å². The first kappa shape index (κ1) is 29.1. The second-order valence-electron chi connectivity index (χ2n) is 10.8. The van der Waals surface area contributed by atoms with Gasteiger partial charge in [0.25, 0.3) is 0 Å². The summed E-state index contributed by atoms with van der Waals surface area (Å²) in [7, 11) is 0. The molecular weight excluding hydrogens is 587 g/mol. The van der Waals surface area contributed by atoms with E-state index in [0.29, 0.717) is 61.2 Å². The minimum atomic E-state index is -0.899. The number of carboxylic acids is 1. The first-order valence-corrected chi connectivity index (χ1v) is 15.3. The monoisotopic (exact) mass is 618 g/mol. The van der Waals surface area contributed by atoms with Gasteiger partial charge in [-0.25, -0.2) is 19.1 Å². The molecule has 3 fully saturated rings. The Morgan fingerprint density at radius 2 is 2.12 bits per heavy atom. The number of carbonyl (C=O) groups is 2. The summed E-state index contributed by atoms with van der Waals surface area (Å²) in [5.74, 6) is -1.89. The molecule has 1 saturated carbocycles. The summed E-state index contributed by atoms with van der Waals surface area (Å²) in [6.07, 6.45) is 3.99. The Labute approximate surface area is 251 Å². The Balaban J connectivity index is 1.28. The number of hydrogen-bond donors (Lipinski definition) is 2. The third-order valence-corrected chi connectivity index (χ3v) is 9.37. The van der Waals surface area contributed by atoms with Crippen molar-refractivity contribution in [2.75, 3.05) is 39.3 Å². The Bertz CT molecular complexity index is 1410. The summed E-state index contributed by atoms with van der Waals surface area (Å²) in [5, 5.41) is 19.1. The highest BCUT2D eigenvalue weighted by atomic mass is 35.5. The molecule has 3 aliphatic heterocycles. The Morgan fingerprint density at radius 1 is 1.26 bits per heavy atom. The minimum Gasteiger partial charge on any atom is -0.481 e. The average molecular weight is 619 g/mol. The van der Waals surface area contributed by atoms with Crippen LogP contribution in [0, 0.1) is 11.7 Å². The van der Waals surface area contributed by atoms with Crippen molar-refractivity contribution < 1.29 is 28.8 Å². The number of hydrogen-bond acceptors (Lipinski definition) is 11. The van der Waals surface area contributed by atoms with Crippen LogP contribution in [0.15, 0.2) is 46.0 Å². The number of benzene rings is 1. The van der Waals surface area contributed by atoms with Gasteiger partial charge in [0.2, 0.25) is 0 Å². The predicted octanol–water partition coefficient (Wildman–Crippen LogP) is 3.25. The number of carbonyl (C=O) groups excluding carboxylic acids is 1. The molecule has 1 aromatic heterocycles. The minimum absolute atomic E-state index is 0.0320. The zero-order valence-corrected chi connectivity index (χ0v) is 24.6. The van der Waals surface area contributed by atoms with Crippen molar-refractivity contribution in [3.05, 3.63) is 62.5 Å². The van der Waals surface area contributed by atoms with Crippen molar-refractivity contribution in [3.8, 4) is 0 Å². The van der Waals surface area contributed by atoms with Crippen LogP contribution in [-0.4, -0.2) is 94.3 Å². The molecule has 42 heavy (non-hydrogen) atoms. The molecule has 2 N–H and O–H groups in total. The Kier molecular flexibility index (Phi) is 8.57. The fourth-order valence-electron chi connectivity index (χ4n) is 6.25. The number of aliphatic imine (C=N–C) groups is 1. The van der Waals surface area contributed by atoms with E-state index in [0.717, 1.165) is 12.8 Å². The lowest BCUT2D eigenvalue weighted by molar-refractivity contribution is -0.299. The maximum atomic E-state index is 14.6. The van der Waals surface area contributed by atoms with Gasteiger partial charge >= 0.3 is 11.9 Å². The number of fused-ring (bicyclic) bond motifs is 1. The summed E-state index contributed by atoms with van der Waals surface area (Å²) in [6.45, 7) is 4.75. The van der Waals surface area contributed by atoms with E-state index in [-0.39, 0.29) is 29.3 Å². The maximum absolute atomic E-state index is 14.6. The SMILES string of the molecule is CCOC(=O)C1=C(CN2CCN3ON([C@@H]4CCC[C@H]4C(=O)O)C[C@@H]3C2)NC(c2nccs2)=N[C@H]1c1cccc(F)c1Cl. The number of amidine groups is 1. The quantitative estimate of drug-likeness (QED) is 0.427. The van der Waals surface area contributed by atoms with Crippen LogP contribution in [0.4, 0.5) is 4.39 Å². The molecule has 4 atom stereocenters. The first-order chi connectivity index (χ1) is 20.3. The van der Waals surface area contributed by atoms with Crippen LogP contribution < -0.4 is 5.32 Å². The van der Waals surface area contributed by atoms with Gasteiger partial charge in [-0.15, -0.1) is 11.3 Å². The van der Waals surface area contributed by atoms with Crippen molar-refractivity contribution in [2.45, 2.75) is 44.3 Å². The van der Waals surface area contributed by atoms with Crippen molar-refractivity contribution in [2.24, 2.45) is 10.9 Å².